The molecule has 6 heteroatoms. The lowest BCUT2D eigenvalue weighted by Gasteiger charge is -2.03. The molecule has 0 saturated carbocycles. The number of benzene rings is 2. The molecule has 1 N–H and O–H groups in total. The second-order valence-corrected chi connectivity index (χ2v) is 5.82. The van der Waals surface area contributed by atoms with Gasteiger partial charge in [-0.1, -0.05) is 12.1 Å². The zero-order chi connectivity index (χ0) is 19.2. The number of fused-ring (bicyclic) bond motifs is 1. The van der Waals surface area contributed by atoms with E-state index in [0.717, 1.165) is 0 Å². The topological polar surface area (TPSA) is 89.1 Å². The van der Waals surface area contributed by atoms with Crippen LogP contribution in [0.15, 0.2) is 62.7 Å². The summed E-state index contributed by atoms with van der Waals surface area (Å²) in [6, 6.07) is 13.4. The van der Waals surface area contributed by atoms with E-state index in [2.05, 4.69) is 4.99 Å². The van der Waals surface area contributed by atoms with Gasteiger partial charge in [-0.05, 0) is 43.3 Å². The minimum atomic E-state index is -0.669. The number of nitrogens with zero attached hydrogens (tertiary/aromatic N) is 1. The number of aromatic hydroxyl groups is 1. The number of ketones is 1. The highest BCUT2D eigenvalue weighted by atomic mass is 16.5. The molecular weight excluding hydrogens is 346 g/mol. The molecule has 0 atom stereocenters. The molecule has 0 aliphatic carbocycles. The van der Waals surface area contributed by atoms with Crippen LogP contribution >= 0.6 is 0 Å². The van der Waals surface area contributed by atoms with Gasteiger partial charge in [-0.2, -0.15) is 0 Å². The Bertz CT molecular complexity index is 1030. The largest absolute Gasteiger partial charge is 0.506 e. The van der Waals surface area contributed by atoms with Crippen molar-refractivity contribution in [1.29, 1.82) is 0 Å². The number of Topliss-reactive ketones (excluding diaryl/α,β-unsaturated/α-hetero) is 1. The summed E-state index contributed by atoms with van der Waals surface area (Å²) in [6.45, 7) is 2.86. The van der Waals surface area contributed by atoms with E-state index in [0.29, 0.717) is 41.9 Å². The molecular formula is C21H19NO5. The molecule has 0 bridgehead atoms. The van der Waals surface area contributed by atoms with E-state index in [9.17, 15) is 14.7 Å². The van der Waals surface area contributed by atoms with E-state index in [1.165, 1.54) is 6.21 Å². The zero-order valence-electron chi connectivity index (χ0n) is 14.8. The van der Waals surface area contributed by atoms with Crippen molar-refractivity contribution in [2.45, 2.75) is 13.3 Å². The van der Waals surface area contributed by atoms with E-state index in [1.807, 2.05) is 6.92 Å². The molecule has 3 aromatic rings. The predicted molar refractivity (Wildman–Crippen MR) is 103 cm³/mol. The smallest absolute Gasteiger partial charge is 0.348 e. The summed E-state index contributed by atoms with van der Waals surface area (Å²) in [5.74, 6) is -0.180. The molecule has 1 heterocycles. The maximum Gasteiger partial charge on any atom is 0.348 e. The van der Waals surface area contributed by atoms with Crippen LogP contribution in [0.1, 0.15) is 29.3 Å². The Balaban J connectivity index is 1.79. The Morgan fingerprint density at radius 3 is 2.67 bits per heavy atom. The Morgan fingerprint density at radius 2 is 1.93 bits per heavy atom. The van der Waals surface area contributed by atoms with Crippen molar-refractivity contribution in [1.82, 2.24) is 0 Å². The molecule has 0 radical (unpaired) electrons. The maximum atomic E-state index is 12.1. The van der Waals surface area contributed by atoms with Gasteiger partial charge in [0.25, 0.3) is 0 Å². The number of rotatable bonds is 7. The lowest BCUT2D eigenvalue weighted by atomic mass is 10.1. The fourth-order valence-electron chi connectivity index (χ4n) is 2.59. The minimum absolute atomic E-state index is 0.00759. The lowest BCUT2D eigenvalue weighted by molar-refractivity contribution is 0.0896. The van der Waals surface area contributed by atoms with Crippen LogP contribution in [0.4, 0.5) is 5.69 Å². The molecule has 2 aromatic carbocycles. The molecule has 0 spiro atoms. The standard InChI is InChI=1S/C21H19NO5/c1-2-26-12-11-18(23)14-7-9-15(10-8-14)22-13-17-20(24)16-5-3-4-6-19(16)27-21(17)25/h3-10,13,24H,2,11-12H2,1H3. The van der Waals surface area contributed by atoms with Crippen molar-refractivity contribution in [3.63, 3.8) is 0 Å². The fraction of sp³-hybridized carbons (Fsp3) is 0.190. The Morgan fingerprint density at radius 1 is 1.19 bits per heavy atom. The van der Waals surface area contributed by atoms with E-state index < -0.39 is 5.63 Å². The van der Waals surface area contributed by atoms with Crippen LogP contribution in [-0.4, -0.2) is 30.3 Å². The zero-order valence-corrected chi connectivity index (χ0v) is 14.8. The summed E-state index contributed by atoms with van der Waals surface area (Å²) in [5.41, 5.74) is 0.736. The minimum Gasteiger partial charge on any atom is -0.506 e. The molecule has 6 nitrogen and oxygen atoms in total. The predicted octanol–water partition coefficient (Wildman–Crippen LogP) is 3.86. The van der Waals surface area contributed by atoms with Crippen LogP contribution in [0.3, 0.4) is 0 Å². The number of aliphatic imine (C=N–C) groups is 1. The number of carbonyl (C=O) groups is 1. The summed E-state index contributed by atoms with van der Waals surface area (Å²) in [7, 11) is 0. The highest BCUT2D eigenvalue weighted by Gasteiger charge is 2.11. The van der Waals surface area contributed by atoms with Crippen LogP contribution in [0.2, 0.25) is 0 Å². The van der Waals surface area contributed by atoms with Crippen molar-refractivity contribution in [3.05, 3.63) is 70.1 Å². The summed E-state index contributed by atoms with van der Waals surface area (Å²) >= 11 is 0. The number of hydrogen-bond acceptors (Lipinski definition) is 6. The highest BCUT2D eigenvalue weighted by molar-refractivity contribution is 5.97. The van der Waals surface area contributed by atoms with E-state index in [1.54, 1.807) is 48.5 Å². The van der Waals surface area contributed by atoms with Gasteiger partial charge in [-0.25, -0.2) is 4.79 Å². The second kappa shape index (κ2) is 8.42. The SMILES string of the molecule is CCOCCC(=O)c1ccc(N=Cc2c(O)c3ccccc3oc2=O)cc1. The third-order valence-corrected chi connectivity index (χ3v) is 4.03. The maximum absolute atomic E-state index is 12.1. The Kier molecular flexibility index (Phi) is 5.78. The van der Waals surface area contributed by atoms with Crippen molar-refractivity contribution in [2.75, 3.05) is 13.2 Å². The van der Waals surface area contributed by atoms with E-state index in [4.69, 9.17) is 9.15 Å². The van der Waals surface area contributed by atoms with Crippen molar-refractivity contribution >= 4 is 28.7 Å². The van der Waals surface area contributed by atoms with Gasteiger partial charge in [0.05, 0.1) is 17.7 Å². The van der Waals surface area contributed by atoms with Gasteiger partial charge in [0.15, 0.2) is 5.78 Å². The van der Waals surface area contributed by atoms with Gasteiger partial charge in [-0.15, -0.1) is 0 Å². The van der Waals surface area contributed by atoms with Crippen LogP contribution in [0, 0.1) is 0 Å². The average molecular weight is 365 g/mol. The van der Waals surface area contributed by atoms with Crippen molar-refractivity contribution < 1.29 is 19.1 Å². The molecule has 0 unspecified atom stereocenters. The van der Waals surface area contributed by atoms with Gasteiger partial charge in [0, 0.05) is 24.8 Å². The average Bonchev–Trinajstić information content (AvgIpc) is 2.68. The first-order chi connectivity index (χ1) is 13.1. The second-order valence-electron chi connectivity index (χ2n) is 5.82. The molecule has 1 aromatic heterocycles. The van der Waals surface area contributed by atoms with Gasteiger partial charge < -0.3 is 14.3 Å². The molecule has 0 aliphatic rings. The summed E-state index contributed by atoms with van der Waals surface area (Å²) < 4.78 is 10.4. The number of para-hydroxylation sites is 1. The molecule has 0 fully saturated rings. The summed E-state index contributed by atoms with van der Waals surface area (Å²) in [5, 5.41) is 10.8. The monoisotopic (exact) mass is 365 g/mol. The van der Waals surface area contributed by atoms with Crippen molar-refractivity contribution in [2.24, 2.45) is 4.99 Å². The van der Waals surface area contributed by atoms with Gasteiger partial charge in [-0.3, -0.25) is 9.79 Å². The number of hydrogen-bond donors (Lipinski definition) is 1. The van der Waals surface area contributed by atoms with Gasteiger partial charge >= 0.3 is 5.63 Å². The first-order valence-electron chi connectivity index (χ1n) is 8.60. The van der Waals surface area contributed by atoms with E-state index >= 15 is 0 Å². The molecule has 0 aliphatic heterocycles. The van der Waals surface area contributed by atoms with Crippen molar-refractivity contribution in [3.8, 4) is 5.75 Å². The molecule has 3 rings (SSSR count). The lowest BCUT2D eigenvalue weighted by Crippen LogP contribution is -2.06. The third-order valence-electron chi connectivity index (χ3n) is 4.03. The number of ether oxygens (including phenoxy) is 1. The van der Waals surface area contributed by atoms with Crippen LogP contribution in [0.25, 0.3) is 11.0 Å². The third kappa shape index (κ3) is 4.30. The quantitative estimate of drug-likeness (QED) is 0.297. The van der Waals surface area contributed by atoms with E-state index in [-0.39, 0.29) is 17.1 Å². The normalized spacial score (nSPS) is 11.3. The van der Waals surface area contributed by atoms with Gasteiger partial charge in [0.2, 0.25) is 0 Å². The molecule has 138 valence electrons. The Labute approximate surface area is 155 Å². The summed E-state index contributed by atoms with van der Waals surface area (Å²) in [6.07, 6.45) is 1.59. The Hall–Kier alpha value is -3.25. The first-order valence-corrected chi connectivity index (χ1v) is 8.60. The number of carbonyl (C=O) groups excluding carboxylic acids is 1. The highest BCUT2D eigenvalue weighted by Crippen LogP contribution is 2.25. The van der Waals surface area contributed by atoms with Crippen LogP contribution in [-0.2, 0) is 4.74 Å². The van der Waals surface area contributed by atoms with Crippen LogP contribution < -0.4 is 5.63 Å². The van der Waals surface area contributed by atoms with Crippen LogP contribution in [0.5, 0.6) is 5.75 Å². The summed E-state index contributed by atoms with van der Waals surface area (Å²) in [4.78, 5) is 28.3. The molecule has 27 heavy (non-hydrogen) atoms. The molecule has 0 amide bonds. The van der Waals surface area contributed by atoms with Gasteiger partial charge in [0.1, 0.15) is 16.9 Å². The molecule has 0 saturated heterocycles. The fourth-order valence-corrected chi connectivity index (χ4v) is 2.59. The first kappa shape index (κ1) is 18.5.